The van der Waals surface area contributed by atoms with Gasteiger partial charge in [0.05, 0.1) is 0 Å². The van der Waals surface area contributed by atoms with Crippen LogP contribution < -0.4 is 5.32 Å². The summed E-state index contributed by atoms with van der Waals surface area (Å²) >= 11 is 1.96. The fourth-order valence-electron chi connectivity index (χ4n) is 2.41. The first-order valence-electron chi connectivity index (χ1n) is 6.39. The van der Waals surface area contributed by atoms with E-state index in [0.29, 0.717) is 0 Å². The topological polar surface area (TPSA) is 12.0 Å². The normalized spacial score (nSPS) is 29.4. The lowest BCUT2D eigenvalue weighted by molar-refractivity contribution is 0.239. The van der Waals surface area contributed by atoms with Gasteiger partial charge in [-0.3, -0.25) is 0 Å². The molecule has 0 aromatic carbocycles. The first-order chi connectivity index (χ1) is 7.13. The zero-order chi connectivity index (χ0) is 11.3. The Kier molecular flexibility index (Phi) is 6.06. The van der Waals surface area contributed by atoms with Crippen LogP contribution in [-0.2, 0) is 0 Å². The van der Waals surface area contributed by atoms with E-state index < -0.39 is 0 Å². The van der Waals surface area contributed by atoms with Gasteiger partial charge >= 0.3 is 0 Å². The number of hydrogen-bond acceptors (Lipinski definition) is 2. The van der Waals surface area contributed by atoms with Crippen molar-refractivity contribution < 1.29 is 0 Å². The Morgan fingerprint density at radius 3 is 2.20 bits per heavy atom. The Morgan fingerprint density at radius 1 is 1.13 bits per heavy atom. The number of hydrogen-bond donors (Lipinski definition) is 1. The molecule has 0 radical (unpaired) electrons. The summed E-state index contributed by atoms with van der Waals surface area (Å²) < 4.78 is 0. The van der Waals surface area contributed by atoms with Crippen molar-refractivity contribution in [3.63, 3.8) is 0 Å². The molecule has 15 heavy (non-hydrogen) atoms. The largest absolute Gasteiger partial charge is 0.313 e. The third kappa shape index (κ3) is 4.78. The molecule has 1 fully saturated rings. The van der Waals surface area contributed by atoms with E-state index in [1.165, 1.54) is 32.2 Å². The molecule has 1 saturated carbocycles. The minimum atomic E-state index is 0.757. The van der Waals surface area contributed by atoms with Gasteiger partial charge < -0.3 is 5.32 Å². The molecule has 1 unspecified atom stereocenters. The monoisotopic (exact) mass is 229 g/mol. The second kappa shape index (κ2) is 6.80. The molecule has 0 aliphatic heterocycles. The summed E-state index contributed by atoms with van der Waals surface area (Å²) in [6.07, 6.45) is 7.85. The van der Waals surface area contributed by atoms with E-state index in [0.717, 1.165) is 23.1 Å². The summed E-state index contributed by atoms with van der Waals surface area (Å²) in [6, 6.07) is 0.801. The highest BCUT2D eigenvalue weighted by Gasteiger charge is 2.22. The van der Waals surface area contributed by atoms with Crippen molar-refractivity contribution in [2.45, 2.75) is 57.7 Å². The fraction of sp³-hybridized carbons (Fsp3) is 1.00. The molecule has 1 aliphatic rings. The molecule has 1 aliphatic carbocycles. The fourth-order valence-corrected chi connectivity index (χ4v) is 2.67. The maximum absolute atomic E-state index is 3.71. The smallest absolute Gasteiger partial charge is 0.0141 e. The van der Waals surface area contributed by atoms with Crippen LogP contribution in [0, 0.1) is 11.8 Å². The standard InChI is InChI=1S/C13H27NS/c1-10(2)12-5-7-13(8-6-12)14-9-11(3)15-4/h10-14H,5-9H2,1-4H3. The van der Waals surface area contributed by atoms with Gasteiger partial charge in [-0.2, -0.15) is 11.8 Å². The molecule has 1 nitrogen and oxygen atoms in total. The predicted octanol–water partition coefficient (Wildman–Crippen LogP) is 3.54. The Labute approximate surface area is 99.8 Å². The Morgan fingerprint density at radius 2 is 1.73 bits per heavy atom. The average molecular weight is 229 g/mol. The highest BCUT2D eigenvalue weighted by molar-refractivity contribution is 7.99. The lowest BCUT2D eigenvalue weighted by Gasteiger charge is -2.31. The minimum Gasteiger partial charge on any atom is -0.313 e. The first-order valence-corrected chi connectivity index (χ1v) is 7.68. The second-order valence-electron chi connectivity index (χ2n) is 5.31. The molecule has 0 heterocycles. The van der Waals surface area contributed by atoms with Gasteiger partial charge in [0, 0.05) is 17.8 Å². The first kappa shape index (κ1) is 13.4. The SMILES string of the molecule is CSC(C)CNC1CCC(C(C)C)CC1. The number of nitrogens with one attached hydrogen (secondary N) is 1. The van der Waals surface area contributed by atoms with Crippen molar-refractivity contribution in [1.82, 2.24) is 5.32 Å². The third-order valence-corrected chi connectivity index (χ3v) is 4.78. The highest BCUT2D eigenvalue weighted by Crippen LogP contribution is 2.29. The van der Waals surface area contributed by atoms with Crippen LogP contribution in [0.15, 0.2) is 0 Å². The summed E-state index contributed by atoms with van der Waals surface area (Å²) in [5.74, 6) is 1.87. The predicted molar refractivity (Wildman–Crippen MR) is 71.6 cm³/mol. The zero-order valence-corrected chi connectivity index (χ0v) is 11.6. The summed E-state index contributed by atoms with van der Waals surface area (Å²) in [6.45, 7) is 8.22. The molecule has 0 bridgehead atoms. The molecular weight excluding hydrogens is 202 g/mol. The van der Waals surface area contributed by atoms with Gasteiger partial charge in [0.15, 0.2) is 0 Å². The number of thioether (sulfide) groups is 1. The van der Waals surface area contributed by atoms with Gasteiger partial charge in [-0.25, -0.2) is 0 Å². The van der Waals surface area contributed by atoms with Crippen molar-refractivity contribution in [2.24, 2.45) is 11.8 Å². The van der Waals surface area contributed by atoms with Crippen LogP contribution in [0.25, 0.3) is 0 Å². The summed E-state index contributed by atoms with van der Waals surface area (Å²) in [5, 5.41) is 4.47. The average Bonchev–Trinajstić information content (AvgIpc) is 2.26. The van der Waals surface area contributed by atoms with Crippen LogP contribution in [0.5, 0.6) is 0 Å². The van der Waals surface area contributed by atoms with Crippen molar-refractivity contribution >= 4 is 11.8 Å². The van der Waals surface area contributed by atoms with Crippen molar-refractivity contribution in [2.75, 3.05) is 12.8 Å². The Hall–Kier alpha value is 0.310. The quantitative estimate of drug-likeness (QED) is 0.774. The van der Waals surface area contributed by atoms with E-state index in [1.807, 2.05) is 11.8 Å². The van der Waals surface area contributed by atoms with Crippen LogP contribution in [-0.4, -0.2) is 24.1 Å². The van der Waals surface area contributed by atoms with E-state index in [4.69, 9.17) is 0 Å². The van der Waals surface area contributed by atoms with Crippen molar-refractivity contribution in [3.8, 4) is 0 Å². The minimum absolute atomic E-state index is 0.757. The molecule has 1 rings (SSSR count). The summed E-state index contributed by atoms with van der Waals surface area (Å²) in [4.78, 5) is 0. The summed E-state index contributed by atoms with van der Waals surface area (Å²) in [5.41, 5.74) is 0. The molecule has 1 atom stereocenters. The number of rotatable bonds is 5. The van der Waals surface area contributed by atoms with Crippen LogP contribution in [0.4, 0.5) is 0 Å². The maximum Gasteiger partial charge on any atom is 0.0141 e. The molecule has 0 aromatic rings. The molecular formula is C13H27NS. The van der Waals surface area contributed by atoms with Crippen molar-refractivity contribution in [3.05, 3.63) is 0 Å². The molecule has 2 heteroatoms. The second-order valence-corrected chi connectivity index (χ2v) is 6.59. The van der Waals surface area contributed by atoms with Gasteiger partial charge in [-0.15, -0.1) is 0 Å². The van der Waals surface area contributed by atoms with E-state index in [-0.39, 0.29) is 0 Å². The maximum atomic E-state index is 3.71. The third-order valence-electron chi connectivity index (χ3n) is 3.81. The van der Waals surface area contributed by atoms with Gasteiger partial charge in [-0.1, -0.05) is 20.8 Å². The van der Waals surface area contributed by atoms with Crippen LogP contribution in [0.3, 0.4) is 0 Å². The lowest BCUT2D eigenvalue weighted by atomic mass is 9.80. The molecule has 1 N–H and O–H groups in total. The molecule has 0 aromatic heterocycles. The van der Waals surface area contributed by atoms with Gasteiger partial charge in [-0.05, 0) is 43.8 Å². The van der Waals surface area contributed by atoms with E-state index in [1.54, 1.807) is 0 Å². The Balaban J connectivity index is 2.14. The molecule has 0 spiro atoms. The molecule has 0 amide bonds. The van der Waals surface area contributed by atoms with Gasteiger partial charge in [0.25, 0.3) is 0 Å². The van der Waals surface area contributed by atoms with Crippen LogP contribution in [0.1, 0.15) is 46.5 Å². The van der Waals surface area contributed by atoms with Crippen LogP contribution in [0.2, 0.25) is 0 Å². The van der Waals surface area contributed by atoms with E-state index in [2.05, 4.69) is 32.3 Å². The zero-order valence-electron chi connectivity index (χ0n) is 10.8. The molecule has 90 valence electrons. The van der Waals surface area contributed by atoms with Gasteiger partial charge in [0.1, 0.15) is 0 Å². The summed E-state index contributed by atoms with van der Waals surface area (Å²) in [7, 11) is 0. The van der Waals surface area contributed by atoms with E-state index in [9.17, 15) is 0 Å². The highest BCUT2D eigenvalue weighted by atomic mass is 32.2. The lowest BCUT2D eigenvalue weighted by Crippen LogP contribution is -2.37. The van der Waals surface area contributed by atoms with Gasteiger partial charge in [0.2, 0.25) is 0 Å². The molecule has 0 saturated heterocycles. The van der Waals surface area contributed by atoms with Crippen molar-refractivity contribution in [1.29, 1.82) is 0 Å². The Bertz CT molecular complexity index is 162. The van der Waals surface area contributed by atoms with E-state index >= 15 is 0 Å². The van der Waals surface area contributed by atoms with Crippen LogP contribution >= 0.6 is 11.8 Å².